The molecule has 6 nitrogen and oxygen atoms in total. The molecule has 1 fully saturated rings. The van der Waals surface area contributed by atoms with Crippen molar-refractivity contribution in [2.75, 3.05) is 6.54 Å². The molecule has 1 atom stereocenters. The number of hydrogen-bond donors (Lipinski definition) is 1. The number of hydrogen-bond acceptors (Lipinski definition) is 3. The summed E-state index contributed by atoms with van der Waals surface area (Å²) in [6.45, 7) is 0.674. The molecule has 2 aliphatic heterocycles. The molecule has 0 aliphatic carbocycles. The van der Waals surface area contributed by atoms with E-state index in [9.17, 15) is 9.59 Å². The molecule has 3 heterocycles. The molecular formula is C15H13BrN4O2. The molecule has 0 bridgehead atoms. The highest BCUT2D eigenvalue weighted by Gasteiger charge is 2.40. The van der Waals surface area contributed by atoms with Gasteiger partial charge in [-0.2, -0.15) is 0 Å². The van der Waals surface area contributed by atoms with Crippen molar-refractivity contribution >= 4 is 27.7 Å². The number of carbonyl (C=O) groups is 2. The van der Waals surface area contributed by atoms with E-state index in [1.54, 1.807) is 6.33 Å². The summed E-state index contributed by atoms with van der Waals surface area (Å²) in [5.41, 5.74) is 7.76. The first-order valence-electron chi connectivity index (χ1n) is 7.06. The van der Waals surface area contributed by atoms with Gasteiger partial charge in [-0.3, -0.25) is 14.2 Å². The van der Waals surface area contributed by atoms with Gasteiger partial charge < -0.3 is 10.6 Å². The number of nitrogens with two attached hydrogens (primary N) is 1. The zero-order chi connectivity index (χ0) is 15.4. The van der Waals surface area contributed by atoms with E-state index in [-0.39, 0.29) is 17.6 Å². The Hall–Kier alpha value is -2.15. The van der Waals surface area contributed by atoms with E-state index in [1.165, 1.54) is 0 Å². The summed E-state index contributed by atoms with van der Waals surface area (Å²) in [4.78, 5) is 30.7. The highest BCUT2D eigenvalue weighted by Crippen LogP contribution is 2.41. The molecule has 0 radical (unpaired) electrons. The molecule has 2 aliphatic rings. The smallest absolute Gasteiger partial charge is 0.269 e. The van der Waals surface area contributed by atoms with E-state index in [0.717, 1.165) is 28.7 Å². The third-order valence-electron chi connectivity index (χ3n) is 4.33. The average Bonchev–Trinajstić information content (AvgIpc) is 3.10. The Morgan fingerprint density at radius 1 is 1.41 bits per heavy atom. The number of rotatable bonds is 1. The molecule has 1 aromatic carbocycles. The van der Waals surface area contributed by atoms with Crippen LogP contribution in [-0.2, 0) is 0 Å². The summed E-state index contributed by atoms with van der Waals surface area (Å²) in [7, 11) is 0. The van der Waals surface area contributed by atoms with Gasteiger partial charge in [-0.25, -0.2) is 4.98 Å². The van der Waals surface area contributed by atoms with Crippen molar-refractivity contribution in [2.45, 2.75) is 18.9 Å². The summed E-state index contributed by atoms with van der Waals surface area (Å²) >= 11 is 3.47. The lowest BCUT2D eigenvalue weighted by atomic mass is 10.1. The molecule has 7 heteroatoms. The van der Waals surface area contributed by atoms with Gasteiger partial charge in [0.15, 0.2) is 5.69 Å². The minimum absolute atomic E-state index is 0.0240. The van der Waals surface area contributed by atoms with Gasteiger partial charge >= 0.3 is 0 Å². The van der Waals surface area contributed by atoms with Crippen LogP contribution in [-0.4, -0.2) is 32.8 Å². The van der Waals surface area contributed by atoms with Crippen LogP contribution < -0.4 is 5.73 Å². The summed E-state index contributed by atoms with van der Waals surface area (Å²) < 4.78 is 2.57. The van der Waals surface area contributed by atoms with Gasteiger partial charge in [0.05, 0.1) is 23.0 Å². The minimum Gasteiger partial charge on any atom is -0.364 e. The van der Waals surface area contributed by atoms with Crippen LogP contribution in [0.4, 0.5) is 0 Å². The van der Waals surface area contributed by atoms with Crippen molar-refractivity contribution in [1.29, 1.82) is 0 Å². The third kappa shape index (κ3) is 1.68. The van der Waals surface area contributed by atoms with Crippen molar-refractivity contribution in [3.05, 3.63) is 46.0 Å². The number of carbonyl (C=O) groups excluding carboxylic acids is 2. The zero-order valence-electron chi connectivity index (χ0n) is 11.6. The topological polar surface area (TPSA) is 81.2 Å². The first kappa shape index (κ1) is 13.5. The molecular weight excluding hydrogens is 348 g/mol. The standard InChI is InChI=1S/C15H13BrN4O2/c16-8-3-1-4-9-11(8)15(22)19-6-2-5-10(19)13-12(14(17)21)18-7-20(9)13/h1,3-4,7,10H,2,5-6H2,(H2,17,21)/t10-/m0/s1. The Morgan fingerprint density at radius 3 is 3.00 bits per heavy atom. The van der Waals surface area contributed by atoms with Crippen LogP contribution in [0.25, 0.3) is 5.69 Å². The van der Waals surface area contributed by atoms with Crippen LogP contribution >= 0.6 is 15.9 Å². The summed E-state index contributed by atoms with van der Waals surface area (Å²) in [5.74, 6) is -0.587. The molecule has 0 unspecified atom stereocenters. The minimum atomic E-state index is -0.563. The van der Waals surface area contributed by atoms with E-state index < -0.39 is 5.91 Å². The second-order valence-electron chi connectivity index (χ2n) is 5.50. The normalized spacial score (nSPS) is 19.4. The highest BCUT2D eigenvalue weighted by atomic mass is 79.9. The van der Waals surface area contributed by atoms with Crippen molar-refractivity contribution in [1.82, 2.24) is 14.5 Å². The number of benzene rings is 1. The van der Waals surface area contributed by atoms with E-state index in [1.807, 2.05) is 27.7 Å². The second-order valence-corrected chi connectivity index (χ2v) is 6.36. The number of nitrogens with zero attached hydrogens (tertiary/aromatic N) is 3. The van der Waals surface area contributed by atoms with Crippen molar-refractivity contribution in [3.8, 4) is 5.69 Å². The average molecular weight is 361 g/mol. The second kappa shape index (κ2) is 4.67. The monoisotopic (exact) mass is 360 g/mol. The molecule has 2 N–H and O–H groups in total. The molecule has 4 rings (SSSR count). The highest BCUT2D eigenvalue weighted by molar-refractivity contribution is 9.10. The van der Waals surface area contributed by atoms with Gasteiger partial charge in [0.2, 0.25) is 0 Å². The number of amides is 2. The predicted octanol–water partition coefficient (Wildman–Crippen LogP) is 2.02. The van der Waals surface area contributed by atoms with E-state index in [2.05, 4.69) is 20.9 Å². The number of aromatic nitrogens is 2. The molecule has 2 aromatic rings. The SMILES string of the molecule is NC(=O)c1ncn2c1[C@@H]1CCCN1C(=O)c1c(Br)cccc1-2. The van der Waals surface area contributed by atoms with Crippen LogP contribution in [0.15, 0.2) is 29.0 Å². The molecule has 2 amide bonds. The predicted molar refractivity (Wildman–Crippen MR) is 82.8 cm³/mol. The number of fused-ring (bicyclic) bond motifs is 5. The van der Waals surface area contributed by atoms with Gasteiger partial charge in [-0.1, -0.05) is 6.07 Å². The van der Waals surface area contributed by atoms with Crippen molar-refractivity contribution in [2.24, 2.45) is 5.73 Å². The number of halogens is 1. The molecule has 0 spiro atoms. The fraction of sp³-hybridized carbons (Fsp3) is 0.267. The lowest BCUT2D eigenvalue weighted by Gasteiger charge is -2.22. The Balaban J connectivity index is 2.08. The van der Waals surface area contributed by atoms with E-state index in [4.69, 9.17) is 5.73 Å². The molecule has 1 aromatic heterocycles. The van der Waals surface area contributed by atoms with Crippen LogP contribution in [0.5, 0.6) is 0 Å². The molecule has 112 valence electrons. The van der Waals surface area contributed by atoms with Gasteiger partial charge in [0.25, 0.3) is 11.8 Å². The Bertz CT molecular complexity index is 814. The Kier molecular flexibility index (Phi) is 2.87. The van der Waals surface area contributed by atoms with E-state index >= 15 is 0 Å². The van der Waals surface area contributed by atoms with Gasteiger partial charge in [0.1, 0.15) is 6.33 Å². The summed E-state index contributed by atoms with van der Waals surface area (Å²) in [5, 5.41) is 0. The van der Waals surface area contributed by atoms with Crippen molar-refractivity contribution < 1.29 is 9.59 Å². The van der Waals surface area contributed by atoms with E-state index in [0.29, 0.717) is 12.1 Å². The molecule has 0 saturated carbocycles. The zero-order valence-corrected chi connectivity index (χ0v) is 13.2. The van der Waals surface area contributed by atoms with Gasteiger partial charge in [0, 0.05) is 11.0 Å². The maximum Gasteiger partial charge on any atom is 0.269 e. The third-order valence-corrected chi connectivity index (χ3v) is 4.99. The maximum atomic E-state index is 12.9. The fourth-order valence-corrected chi connectivity index (χ4v) is 3.95. The van der Waals surface area contributed by atoms with Crippen LogP contribution in [0.2, 0.25) is 0 Å². The van der Waals surface area contributed by atoms with Gasteiger partial charge in [-0.15, -0.1) is 0 Å². The molecule has 1 saturated heterocycles. The maximum absolute atomic E-state index is 12.9. The number of imidazole rings is 1. The van der Waals surface area contributed by atoms with Crippen LogP contribution in [0, 0.1) is 0 Å². The first-order valence-corrected chi connectivity index (χ1v) is 7.86. The Labute approximate surface area is 135 Å². The Morgan fingerprint density at radius 2 is 2.23 bits per heavy atom. The summed E-state index contributed by atoms with van der Waals surface area (Å²) in [6.07, 6.45) is 3.29. The largest absolute Gasteiger partial charge is 0.364 e. The van der Waals surface area contributed by atoms with Crippen LogP contribution in [0.3, 0.4) is 0 Å². The quantitative estimate of drug-likeness (QED) is 0.844. The summed E-state index contributed by atoms with van der Waals surface area (Å²) in [6, 6.07) is 5.41. The van der Waals surface area contributed by atoms with Gasteiger partial charge in [-0.05, 0) is 40.9 Å². The van der Waals surface area contributed by atoms with Crippen molar-refractivity contribution in [3.63, 3.8) is 0 Å². The lowest BCUT2D eigenvalue weighted by molar-refractivity contribution is 0.0735. The number of primary amides is 1. The molecule has 22 heavy (non-hydrogen) atoms. The lowest BCUT2D eigenvalue weighted by Crippen LogP contribution is -2.30. The van der Waals surface area contributed by atoms with Crippen LogP contribution in [0.1, 0.15) is 45.4 Å². The first-order chi connectivity index (χ1) is 10.6. The fourth-order valence-electron chi connectivity index (χ4n) is 3.42.